The highest BCUT2D eigenvalue weighted by Crippen LogP contribution is 2.30. The molecule has 0 unspecified atom stereocenters. The molecular weight excluding hydrogens is 282 g/mol. The van der Waals surface area contributed by atoms with Crippen LogP contribution in [0.25, 0.3) is 16.9 Å². The lowest BCUT2D eigenvalue weighted by atomic mass is 10.1. The standard InChI is InChI=1S/C16H13N3OS/c1-20-16-5-3-4-15-18-10-13(19(15)16)11-6-7-12(9-17)14(8-11)21-2/h3-8,10H,1-2H3. The molecule has 0 amide bonds. The van der Waals surface area contributed by atoms with Gasteiger partial charge in [-0.1, -0.05) is 12.1 Å². The van der Waals surface area contributed by atoms with E-state index in [2.05, 4.69) is 11.1 Å². The molecule has 0 fully saturated rings. The van der Waals surface area contributed by atoms with Gasteiger partial charge in [-0.05, 0) is 30.5 Å². The average Bonchev–Trinajstić information content (AvgIpc) is 2.98. The Bertz CT molecular complexity index is 848. The molecule has 3 aromatic rings. The van der Waals surface area contributed by atoms with Crippen LogP contribution in [0.2, 0.25) is 0 Å². The van der Waals surface area contributed by atoms with Crippen LogP contribution >= 0.6 is 11.8 Å². The Kier molecular flexibility index (Phi) is 3.55. The van der Waals surface area contributed by atoms with E-state index < -0.39 is 0 Å². The molecule has 0 saturated heterocycles. The van der Waals surface area contributed by atoms with Gasteiger partial charge in [-0.15, -0.1) is 11.8 Å². The summed E-state index contributed by atoms with van der Waals surface area (Å²) in [5.41, 5.74) is 3.48. The molecule has 104 valence electrons. The highest BCUT2D eigenvalue weighted by atomic mass is 32.2. The van der Waals surface area contributed by atoms with Gasteiger partial charge in [0, 0.05) is 10.5 Å². The smallest absolute Gasteiger partial charge is 0.199 e. The predicted molar refractivity (Wildman–Crippen MR) is 83.7 cm³/mol. The molecule has 0 aliphatic carbocycles. The van der Waals surface area contributed by atoms with Gasteiger partial charge in [0.25, 0.3) is 0 Å². The second-order valence-electron chi connectivity index (χ2n) is 4.43. The Labute approximate surface area is 127 Å². The van der Waals surface area contributed by atoms with Crippen LogP contribution < -0.4 is 4.74 Å². The number of methoxy groups -OCH3 is 1. The van der Waals surface area contributed by atoms with Crippen LogP contribution in [0, 0.1) is 11.3 Å². The maximum Gasteiger partial charge on any atom is 0.199 e. The molecule has 0 saturated carbocycles. The first kappa shape index (κ1) is 13.5. The fourth-order valence-electron chi connectivity index (χ4n) is 2.31. The van der Waals surface area contributed by atoms with Gasteiger partial charge in [-0.3, -0.25) is 4.40 Å². The highest BCUT2D eigenvalue weighted by Gasteiger charge is 2.11. The Balaban J connectivity index is 2.24. The molecule has 0 aliphatic rings. The van der Waals surface area contributed by atoms with Crippen molar-refractivity contribution in [3.63, 3.8) is 0 Å². The number of nitrogens with zero attached hydrogens (tertiary/aromatic N) is 3. The first-order chi connectivity index (χ1) is 10.3. The number of rotatable bonds is 3. The average molecular weight is 295 g/mol. The van der Waals surface area contributed by atoms with Crippen LogP contribution in [0.3, 0.4) is 0 Å². The number of imidazole rings is 1. The van der Waals surface area contributed by atoms with Crippen LogP contribution in [0.1, 0.15) is 5.56 Å². The van der Waals surface area contributed by atoms with Crippen molar-refractivity contribution in [1.82, 2.24) is 9.38 Å². The predicted octanol–water partition coefficient (Wildman–Crippen LogP) is 3.60. The van der Waals surface area contributed by atoms with Crippen molar-refractivity contribution in [3.05, 3.63) is 48.2 Å². The van der Waals surface area contributed by atoms with Gasteiger partial charge in [0.1, 0.15) is 11.7 Å². The van der Waals surface area contributed by atoms with E-state index in [4.69, 9.17) is 10.00 Å². The number of benzene rings is 1. The lowest BCUT2D eigenvalue weighted by molar-refractivity contribution is 0.393. The molecule has 0 spiro atoms. The number of nitriles is 1. The zero-order valence-electron chi connectivity index (χ0n) is 11.7. The van der Waals surface area contributed by atoms with Crippen LogP contribution in [0.15, 0.2) is 47.5 Å². The van der Waals surface area contributed by atoms with Gasteiger partial charge in [0.2, 0.25) is 0 Å². The van der Waals surface area contributed by atoms with Crippen LogP contribution in [-0.2, 0) is 0 Å². The number of thioether (sulfide) groups is 1. The van der Waals surface area contributed by atoms with E-state index in [0.717, 1.165) is 27.7 Å². The van der Waals surface area contributed by atoms with Crippen molar-refractivity contribution in [1.29, 1.82) is 5.26 Å². The number of aromatic nitrogens is 2. The molecule has 2 heterocycles. The normalized spacial score (nSPS) is 10.5. The summed E-state index contributed by atoms with van der Waals surface area (Å²) in [6.45, 7) is 0. The fourth-order valence-corrected chi connectivity index (χ4v) is 2.89. The zero-order chi connectivity index (χ0) is 14.8. The van der Waals surface area contributed by atoms with Crippen molar-refractivity contribution in [2.24, 2.45) is 0 Å². The zero-order valence-corrected chi connectivity index (χ0v) is 12.5. The molecule has 4 nitrogen and oxygen atoms in total. The van der Waals surface area contributed by atoms with Crippen molar-refractivity contribution in [2.75, 3.05) is 13.4 Å². The molecule has 0 bridgehead atoms. The van der Waals surface area contributed by atoms with Gasteiger partial charge in [-0.2, -0.15) is 5.26 Å². The highest BCUT2D eigenvalue weighted by molar-refractivity contribution is 7.98. The van der Waals surface area contributed by atoms with Crippen LogP contribution in [0.4, 0.5) is 0 Å². The number of ether oxygens (including phenoxy) is 1. The van der Waals surface area contributed by atoms with E-state index in [1.54, 1.807) is 18.9 Å². The quantitative estimate of drug-likeness (QED) is 0.693. The molecule has 0 radical (unpaired) electrons. The van der Waals surface area contributed by atoms with Gasteiger partial charge in [0.05, 0.1) is 24.6 Å². The van der Waals surface area contributed by atoms with E-state index in [0.29, 0.717) is 5.56 Å². The lowest BCUT2D eigenvalue weighted by Crippen LogP contribution is -1.95. The molecule has 0 atom stereocenters. The van der Waals surface area contributed by atoms with Crippen molar-refractivity contribution in [3.8, 4) is 23.2 Å². The molecule has 21 heavy (non-hydrogen) atoms. The van der Waals surface area contributed by atoms with Crippen LogP contribution in [-0.4, -0.2) is 22.8 Å². The molecule has 2 aromatic heterocycles. The third-order valence-electron chi connectivity index (χ3n) is 3.32. The molecule has 1 aromatic carbocycles. The summed E-state index contributed by atoms with van der Waals surface area (Å²) >= 11 is 1.56. The van der Waals surface area contributed by atoms with Gasteiger partial charge in [0.15, 0.2) is 5.88 Å². The summed E-state index contributed by atoms with van der Waals surface area (Å²) in [5.74, 6) is 0.732. The minimum atomic E-state index is 0.687. The summed E-state index contributed by atoms with van der Waals surface area (Å²) in [6, 6.07) is 13.8. The molecule has 0 N–H and O–H groups in total. The van der Waals surface area contributed by atoms with E-state index in [-0.39, 0.29) is 0 Å². The first-order valence-electron chi connectivity index (χ1n) is 6.37. The number of hydrogen-bond donors (Lipinski definition) is 0. The number of hydrogen-bond acceptors (Lipinski definition) is 4. The third-order valence-corrected chi connectivity index (χ3v) is 4.10. The summed E-state index contributed by atoms with van der Waals surface area (Å²) in [4.78, 5) is 5.37. The second kappa shape index (κ2) is 5.51. The summed E-state index contributed by atoms with van der Waals surface area (Å²) in [5, 5.41) is 9.12. The largest absolute Gasteiger partial charge is 0.482 e. The Morgan fingerprint density at radius 3 is 2.86 bits per heavy atom. The molecule has 0 aliphatic heterocycles. The second-order valence-corrected chi connectivity index (χ2v) is 5.28. The van der Waals surface area contributed by atoms with Gasteiger partial charge < -0.3 is 4.74 Å². The number of fused-ring (bicyclic) bond motifs is 1. The van der Waals surface area contributed by atoms with Crippen molar-refractivity contribution in [2.45, 2.75) is 4.90 Å². The lowest BCUT2D eigenvalue weighted by Gasteiger charge is -2.09. The van der Waals surface area contributed by atoms with E-state index in [1.165, 1.54) is 0 Å². The van der Waals surface area contributed by atoms with E-state index >= 15 is 0 Å². The Morgan fingerprint density at radius 2 is 2.14 bits per heavy atom. The minimum Gasteiger partial charge on any atom is -0.482 e. The third kappa shape index (κ3) is 2.24. The van der Waals surface area contributed by atoms with Crippen LogP contribution in [0.5, 0.6) is 5.88 Å². The van der Waals surface area contributed by atoms with Crippen molar-refractivity contribution >= 4 is 17.4 Å². The summed E-state index contributed by atoms with van der Waals surface area (Å²) in [7, 11) is 1.64. The van der Waals surface area contributed by atoms with E-state index in [1.807, 2.05) is 53.3 Å². The Morgan fingerprint density at radius 1 is 1.29 bits per heavy atom. The SMILES string of the molecule is COc1cccc2ncc(-c3ccc(C#N)c(SC)c3)n12. The first-order valence-corrected chi connectivity index (χ1v) is 7.60. The summed E-state index contributed by atoms with van der Waals surface area (Å²) < 4.78 is 7.38. The summed E-state index contributed by atoms with van der Waals surface area (Å²) in [6.07, 6.45) is 3.79. The molecular formula is C16H13N3OS. The Hall–Kier alpha value is -2.45. The topological polar surface area (TPSA) is 50.3 Å². The number of pyridine rings is 1. The van der Waals surface area contributed by atoms with E-state index in [9.17, 15) is 0 Å². The van der Waals surface area contributed by atoms with Gasteiger partial charge in [-0.25, -0.2) is 4.98 Å². The monoisotopic (exact) mass is 295 g/mol. The maximum atomic E-state index is 9.12. The maximum absolute atomic E-state index is 9.12. The molecule has 5 heteroatoms. The van der Waals surface area contributed by atoms with Gasteiger partial charge >= 0.3 is 0 Å². The fraction of sp³-hybridized carbons (Fsp3) is 0.125. The minimum absolute atomic E-state index is 0.687. The molecule has 3 rings (SSSR count). The van der Waals surface area contributed by atoms with Crippen molar-refractivity contribution < 1.29 is 4.74 Å².